The van der Waals surface area contributed by atoms with E-state index >= 15 is 0 Å². The molecular weight excluding hydrogens is 378 g/mol. The van der Waals surface area contributed by atoms with E-state index in [-0.39, 0.29) is 24.0 Å². The number of carbonyl (C=O) groups is 3. The maximum absolute atomic E-state index is 13.3. The molecule has 2 amide bonds. The van der Waals surface area contributed by atoms with Crippen molar-refractivity contribution in [2.45, 2.75) is 24.0 Å². The van der Waals surface area contributed by atoms with Gasteiger partial charge in [-0.1, -0.05) is 42.5 Å². The molecule has 5 rings (SSSR count). The van der Waals surface area contributed by atoms with Crippen molar-refractivity contribution < 1.29 is 14.4 Å². The maximum atomic E-state index is 13.3. The number of amides is 2. The number of benzene rings is 2. The Hall–Kier alpha value is -3.98. The van der Waals surface area contributed by atoms with E-state index in [1.165, 1.54) is 6.08 Å². The number of nitrogens with one attached hydrogen (secondary N) is 1. The van der Waals surface area contributed by atoms with Crippen molar-refractivity contribution in [2.24, 2.45) is 0 Å². The number of piperazine rings is 1. The summed E-state index contributed by atoms with van der Waals surface area (Å²) in [5.74, 6) is -0.698. The molecule has 3 aliphatic rings. The van der Waals surface area contributed by atoms with Gasteiger partial charge in [-0.15, -0.1) is 0 Å². The van der Waals surface area contributed by atoms with Crippen LogP contribution in [0.5, 0.6) is 0 Å². The molecule has 0 aromatic heterocycles. The predicted octanol–water partition coefficient (Wildman–Crippen LogP) is 2.29. The number of hydrogen-bond donors (Lipinski definition) is 1. The van der Waals surface area contributed by atoms with Gasteiger partial charge < -0.3 is 10.2 Å². The van der Waals surface area contributed by atoms with E-state index in [0.717, 1.165) is 11.1 Å². The standard InChI is InChI=1S/C24H17N3O3/c25-14-15-6-8-17(9-7-15)22-23(30)26-20-12-18(28)10-11-24(20)19(13-21(29)27(22)24)16-4-2-1-3-5-16/h1-11,13,20,22H,12H2,(H,26,30)/t20-,22-,24-/m1/s1. The second-order valence-corrected chi connectivity index (χ2v) is 7.66. The van der Waals surface area contributed by atoms with Crippen molar-refractivity contribution in [1.82, 2.24) is 10.2 Å². The third kappa shape index (κ3) is 2.45. The molecule has 1 spiro atoms. The molecule has 1 fully saturated rings. The number of carbonyl (C=O) groups excluding carboxylic acids is 3. The molecule has 1 N–H and O–H groups in total. The van der Waals surface area contributed by atoms with Crippen LogP contribution in [0.4, 0.5) is 0 Å². The lowest BCUT2D eigenvalue weighted by atomic mass is 9.72. The fourth-order valence-corrected chi connectivity index (χ4v) is 4.75. The normalized spacial score (nSPS) is 27.1. The fourth-order valence-electron chi connectivity index (χ4n) is 4.75. The van der Waals surface area contributed by atoms with Crippen LogP contribution in [0.2, 0.25) is 0 Å². The first-order valence-electron chi connectivity index (χ1n) is 9.68. The highest BCUT2D eigenvalue weighted by molar-refractivity contribution is 6.10. The highest BCUT2D eigenvalue weighted by atomic mass is 16.2. The molecule has 146 valence electrons. The summed E-state index contributed by atoms with van der Waals surface area (Å²) < 4.78 is 0. The molecule has 0 bridgehead atoms. The summed E-state index contributed by atoms with van der Waals surface area (Å²) in [7, 11) is 0. The molecule has 2 aromatic rings. The highest BCUT2D eigenvalue weighted by Gasteiger charge is 2.60. The monoisotopic (exact) mass is 395 g/mol. The zero-order chi connectivity index (χ0) is 20.9. The molecule has 0 radical (unpaired) electrons. The van der Waals surface area contributed by atoms with E-state index in [4.69, 9.17) is 5.26 Å². The lowest BCUT2D eigenvalue weighted by molar-refractivity contribution is -0.147. The average Bonchev–Trinajstić information content (AvgIpc) is 3.06. The summed E-state index contributed by atoms with van der Waals surface area (Å²) in [4.78, 5) is 40.1. The van der Waals surface area contributed by atoms with Gasteiger partial charge in [-0.05, 0) is 41.0 Å². The molecular formula is C24H17N3O3. The van der Waals surface area contributed by atoms with Crippen LogP contribution >= 0.6 is 0 Å². The Balaban J connectivity index is 1.70. The molecule has 6 heteroatoms. The van der Waals surface area contributed by atoms with Crippen molar-refractivity contribution in [2.75, 3.05) is 0 Å². The van der Waals surface area contributed by atoms with Gasteiger partial charge in [-0.3, -0.25) is 14.4 Å². The molecule has 0 unspecified atom stereocenters. The minimum atomic E-state index is -0.946. The quantitative estimate of drug-likeness (QED) is 0.845. The van der Waals surface area contributed by atoms with Gasteiger partial charge in [-0.2, -0.15) is 5.26 Å². The van der Waals surface area contributed by atoms with Crippen molar-refractivity contribution in [1.29, 1.82) is 5.26 Å². The largest absolute Gasteiger partial charge is 0.348 e. The van der Waals surface area contributed by atoms with Gasteiger partial charge in [0.2, 0.25) is 11.8 Å². The lowest BCUT2D eigenvalue weighted by Crippen LogP contribution is -2.69. The molecule has 1 saturated heterocycles. The van der Waals surface area contributed by atoms with E-state index < -0.39 is 17.6 Å². The maximum Gasteiger partial charge on any atom is 0.248 e. The number of hydrogen-bond acceptors (Lipinski definition) is 4. The summed E-state index contributed by atoms with van der Waals surface area (Å²) in [6.07, 6.45) is 4.95. The smallest absolute Gasteiger partial charge is 0.248 e. The topological polar surface area (TPSA) is 90.3 Å². The Morgan fingerprint density at radius 2 is 1.77 bits per heavy atom. The van der Waals surface area contributed by atoms with Crippen molar-refractivity contribution in [3.05, 3.63) is 89.5 Å². The van der Waals surface area contributed by atoms with Crippen LogP contribution in [0, 0.1) is 11.3 Å². The Labute approximate surface area is 173 Å². The summed E-state index contributed by atoms with van der Waals surface area (Å²) in [5.41, 5.74) is 1.78. The highest BCUT2D eigenvalue weighted by Crippen LogP contribution is 2.50. The Morgan fingerprint density at radius 3 is 2.47 bits per heavy atom. The van der Waals surface area contributed by atoms with E-state index in [9.17, 15) is 14.4 Å². The van der Waals surface area contributed by atoms with E-state index in [1.807, 2.05) is 30.3 Å². The molecule has 2 aromatic carbocycles. The van der Waals surface area contributed by atoms with Crippen LogP contribution in [-0.4, -0.2) is 34.1 Å². The van der Waals surface area contributed by atoms with Gasteiger partial charge in [0.25, 0.3) is 0 Å². The number of nitrogens with zero attached hydrogens (tertiary/aromatic N) is 2. The lowest BCUT2D eigenvalue weighted by Gasteiger charge is -2.52. The molecule has 30 heavy (non-hydrogen) atoms. The minimum absolute atomic E-state index is 0.0885. The third-order valence-corrected chi connectivity index (χ3v) is 6.06. The number of nitriles is 1. The first kappa shape index (κ1) is 18.1. The summed E-state index contributed by atoms with van der Waals surface area (Å²) in [6, 6.07) is 16.8. The molecule has 2 aliphatic heterocycles. The minimum Gasteiger partial charge on any atom is -0.348 e. The van der Waals surface area contributed by atoms with Crippen LogP contribution in [0.15, 0.2) is 72.8 Å². The molecule has 6 nitrogen and oxygen atoms in total. The third-order valence-electron chi connectivity index (χ3n) is 6.06. The molecule has 2 heterocycles. The number of rotatable bonds is 2. The molecule has 0 saturated carbocycles. The SMILES string of the molecule is N#Cc1ccc([C@@H]2C(=O)N[C@@H]3CC(=O)C=C[C@@]34C(c3ccccc3)=CC(=O)N24)cc1. The van der Waals surface area contributed by atoms with Gasteiger partial charge in [0.05, 0.1) is 17.7 Å². The van der Waals surface area contributed by atoms with Gasteiger partial charge in [0.15, 0.2) is 5.78 Å². The van der Waals surface area contributed by atoms with Crippen molar-refractivity contribution in [3.8, 4) is 6.07 Å². The van der Waals surface area contributed by atoms with Crippen LogP contribution in [0.1, 0.15) is 29.2 Å². The van der Waals surface area contributed by atoms with Crippen LogP contribution in [0.3, 0.4) is 0 Å². The second-order valence-electron chi connectivity index (χ2n) is 7.66. The average molecular weight is 395 g/mol. The van der Waals surface area contributed by atoms with Crippen LogP contribution < -0.4 is 5.32 Å². The van der Waals surface area contributed by atoms with Gasteiger partial charge in [0.1, 0.15) is 11.6 Å². The zero-order valence-corrected chi connectivity index (χ0v) is 15.9. The Kier molecular flexibility index (Phi) is 3.93. The fraction of sp³-hybridized carbons (Fsp3) is 0.167. The number of allylic oxidation sites excluding steroid dienone is 1. The summed E-state index contributed by atoms with van der Waals surface area (Å²) in [5, 5.41) is 12.1. The van der Waals surface area contributed by atoms with E-state index in [0.29, 0.717) is 11.1 Å². The van der Waals surface area contributed by atoms with E-state index in [2.05, 4.69) is 11.4 Å². The van der Waals surface area contributed by atoms with Crippen LogP contribution in [-0.2, 0) is 14.4 Å². The zero-order valence-electron chi connectivity index (χ0n) is 15.9. The second kappa shape index (κ2) is 6.53. The van der Waals surface area contributed by atoms with E-state index in [1.54, 1.807) is 41.3 Å². The predicted molar refractivity (Wildman–Crippen MR) is 109 cm³/mol. The summed E-state index contributed by atoms with van der Waals surface area (Å²) in [6.45, 7) is 0. The Bertz CT molecular complexity index is 1170. The first-order valence-corrected chi connectivity index (χ1v) is 9.68. The molecule has 1 aliphatic carbocycles. The Morgan fingerprint density at radius 1 is 1.03 bits per heavy atom. The molecule has 3 atom stereocenters. The van der Waals surface area contributed by atoms with Gasteiger partial charge >= 0.3 is 0 Å². The van der Waals surface area contributed by atoms with Gasteiger partial charge in [0, 0.05) is 12.5 Å². The van der Waals surface area contributed by atoms with Crippen molar-refractivity contribution in [3.63, 3.8) is 0 Å². The first-order chi connectivity index (χ1) is 14.5. The summed E-state index contributed by atoms with van der Waals surface area (Å²) >= 11 is 0. The van der Waals surface area contributed by atoms with Gasteiger partial charge in [-0.25, -0.2) is 0 Å². The van der Waals surface area contributed by atoms with Crippen molar-refractivity contribution >= 4 is 23.2 Å². The number of ketones is 1. The van der Waals surface area contributed by atoms with Crippen LogP contribution in [0.25, 0.3) is 5.57 Å².